The second-order valence-electron chi connectivity index (χ2n) is 9.40. The summed E-state index contributed by atoms with van der Waals surface area (Å²) in [5, 5.41) is 6.27. The molecule has 0 aromatic carbocycles. The quantitative estimate of drug-likeness (QED) is 0.731. The second kappa shape index (κ2) is 8.86. The Balaban J connectivity index is 1.36. The normalized spacial score (nSPS) is 28.6. The van der Waals surface area contributed by atoms with Crippen molar-refractivity contribution in [3.05, 3.63) is 0 Å². The number of piperazine rings is 2. The van der Waals surface area contributed by atoms with Gasteiger partial charge in [-0.1, -0.05) is 13.8 Å². The highest BCUT2D eigenvalue weighted by Gasteiger charge is 2.47. The lowest BCUT2D eigenvalue weighted by Crippen LogP contribution is -2.57. The Bertz CT molecular complexity index is 507. The van der Waals surface area contributed by atoms with Crippen molar-refractivity contribution in [3.63, 3.8) is 0 Å². The molecule has 8 heteroatoms. The van der Waals surface area contributed by atoms with Crippen LogP contribution in [0.3, 0.4) is 0 Å². The molecule has 1 aliphatic carbocycles. The standard InChI is InChI=1S/C20H38N6O2/c1-20(2)16(14-21-18(27)25-9-5-23(3)6-10-25)13-17(20)15-22-19(28)26-11-7-24(4)8-12-26/h16-17H,5-15H2,1-4H3,(H,21,27)(H,22,28). The number of rotatable bonds is 4. The first-order valence-corrected chi connectivity index (χ1v) is 10.7. The lowest BCUT2D eigenvalue weighted by molar-refractivity contribution is -0.0161. The van der Waals surface area contributed by atoms with Crippen LogP contribution in [0.5, 0.6) is 0 Å². The van der Waals surface area contributed by atoms with Gasteiger partial charge in [-0.05, 0) is 37.8 Å². The summed E-state index contributed by atoms with van der Waals surface area (Å²) in [5.41, 5.74) is 0.130. The van der Waals surface area contributed by atoms with Crippen LogP contribution in [-0.4, -0.2) is 111 Å². The Morgan fingerprint density at radius 2 is 1.11 bits per heavy atom. The van der Waals surface area contributed by atoms with Crippen molar-refractivity contribution < 1.29 is 9.59 Å². The van der Waals surface area contributed by atoms with E-state index in [0.29, 0.717) is 11.8 Å². The molecule has 0 aromatic heterocycles. The highest BCUT2D eigenvalue weighted by Crippen LogP contribution is 2.50. The predicted octanol–water partition coefficient (Wildman–Crippen LogP) is 0.563. The fourth-order valence-electron chi connectivity index (χ4n) is 4.48. The van der Waals surface area contributed by atoms with Gasteiger partial charge in [-0.2, -0.15) is 0 Å². The zero-order valence-corrected chi connectivity index (χ0v) is 18.0. The molecule has 2 unspecified atom stereocenters. The van der Waals surface area contributed by atoms with Crippen LogP contribution in [0, 0.1) is 17.3 Å². The first kappa shape index (κ1) is 21.2. The molecule has 8 nitrogen and oxygen atoms in total. The lowest BCUT2D eigenvalue weighted by Gasteiger charge is -2.52. The molecule has 2 aliphatic heterocycles. The minimum Gasteiger partial charge on any atom is -0.338 e. The van der Waals surface area contributed by atoms with E-state index in [1.165, 1.54) is 0 Å². The van der Waals surface area contributed by atoms with Crippen molar-refractivity contribution in [2.24, 2.45) is 17.3 Å². The molecule has 28 heavy (non-hydrogen) atoms. The van der Waals surface area contributed by atoms with Gasteiger partial charge in [0.2, 0.25) is 0 Å². The minimum atomic E-state index is 0.0655. The molecule has 160 valence electrons. The smallest absolute Gasteiger partial charge is 0.317 e. The highest BCUT2D eigenvalue weighted by atomic mass is 16.2. The number of amides is 4. The molecule has 3 aliphatic rings. The van der Waals surface area contributed by atoms with Crippen molar-refractivity contribution in [3.8, 4) is 0 Å². The fourth-order valence-corrected chi connectivity index (χ4v) is 4.48. The van der Waals surface area contributed by atoms with Gasteiger partial charge in [0, 0.05) is 65.4 Å². The maximum absolute atomic E-state index is 12.4. The Hall–Kier alpha value is -1.54. The summed E-state index contributed by atoms with van der Waals surface area (Å²) in [5.74, 6) is 0.934. The van der Waals surface area contributed by atoms with Gasteiger partial charge in [0.15, 0.2) is 0 Å². The average molecular weight is 395 g/mol. The summed E-state index contributed by atoms with van der Waals surface area (Å²) >= 11 is 0. The summed E-state index contributed by atoms with van der Waals surface area (Å²) in [4.78, 5) is 33.1. The maximum Gasteiger partial charge on any atom is 0.317 e. The third-order valence-corrected chi connectivity index (χ3v) is 7.25. The van der Waals surface area contributed by atoms with E-state index >= 15 is 0 Å². The summed E-state index contributed by atoms with van der Waals surface area (Å²) in [7, 11) is 4.18. The van der Waals surface area contributed by atoms with Crippen LogP contribution in [0.4, 0.5) is 9.59 Å². The Morgan fingerprint density at radius 1 is 0.750 bits per heavy atom. The number of nitrogens with one attached hydrogen (secondary N) is 2. The van der Waals surface area contributed by atoms with Crippen LogP contribution in [0.1, 0.15) is 20.3 Å². The van der Waals surface area contributed by atoms with E-state index in [1.54, 1.807) is 0 Å². The third kappa shape index (κ3) is 4.89. The van der Waals surface area contributed by atoms with Gasteiger partial charge < -0.3 is 30.2 Å². The summed E-state index contributed by atoms with van der Waals surface area (Å²) in [6.45, 7) is 12.9. The molecule has 3 fully saturated rings. The van der Waals surface area contributed by atoms with E-state index < -0.39 is 0 Å². The van der Waals surface area contributed by atoms with Gasteiger partial charge in [-0.3, -0.25) is 0 Å². The molecule has 0 radical (unpaired) electrons. The van der Waals surface area contributed by atoms with E-state index in [1.807, 2.05) is 9.80 Å². The number of urea groups is 2. The van der Waals surface area contributed by atoms with Gasteiger partial charge in [-0.15, -0.1) is 0 Å². The Morgan fingerprint density at radius 3 is 1.43 bits per heavy atom. The molecule has 2 N–H and O–H groups in total. The van der Waals surface area contributed by atoms with Crippen LogP contribution in [-0.2, 0) is 0 Å². The number of hydrogen-bond donors (Lipinski definition) is 2. The van der Waals surface area contributed by atoms with Crippen LogP contribution in [0.25, 0.3) is 0 Å². The topological polar surface area (TPSA) is 71.2 Å². The van der Waals surface area contributed by atoms with Gasteiger partial charge in [-0.25, -0.2) is 9.59 Å². The molecule has 2 atom stereocenters. The number of carbonyl (C=O) groups is 2. The molecule has 1 saturated carbocycles. The summed E-state index contributed by atoms with van der Waals surface area (Å²) in [6, 6.07) is 0.131. The number of hydrogen-bond acceptors (Lipinski definition) is 4. The van der Waals surface area contributed by atoms with Gasteiger partial charge in [0.05, 0.1) is 0 Å². The van der Waals surface area contributed by atoms with E-state index in [0.717, 1.165) is 71.9 Å². The maximum atomic E-state index is 12.4. The molecular formula is C20H38N6O2. The SMILES string of the molecule is CN1CCN(C(=O)NCC2CC(CNC(=O)N3CCN(C)CC3)C2(C)C)CC1. The van der Waals surface area contributed by atoms with Crippen molar-refractivity contribution in [1.82, 2.24) is 30.2 Å². The fraction of sp³-hybridized carbons (Fsp3) is 0.900. The lowest BCUT2D eigenvalue weighted by atomic mass is 9.54. The van der Waals surface area contributed by atoms with Crippen LogP contribution >= 0.6 is 0 Å². The molecular weight excluding hydrogens is 356 g/mol. The highest BCUT2D eigenvalue weighted by molar-refractivity contribution is 5.74. The zero-order chi connectivity index (χ0) is 20.3. The van der Waals surface area contributed by atoms with E-state index in [2.05, 4.69) is 48.4 Å². The van der Waals surface area contributed by atoms with Gasteiger partial charge in [0.1, 0.15) is 0 Å². The van der Waals surface area contributed by atoms with Crippen molar-refractivity contribution in [1.29, 1.82) is 0 Å². The molecule has 2 saturated heterocycles. The van der Waals surface area contributed by atoms with E-state index in [-0.39, 0.29) is 17.5 Å². The molecule has 4 amide bonds. The predicted molar refractivity (Wildman–Crippen MR) is 110 cm³/mol. The van der Waals surface area contributed by atoms with E-state index in [9.17, 15) is 9.59 Å². The Labute approximate surface area is 169 Å². The first-order valence-electron chi connectivity index (χ1n) is 10.7. The molecule has 2 heterocycles. The van der Waals surface area contributed by atoms with Crippen LogP contribution < -0.4 is 10.6 Å². The summed E-state index contributed by atoms with van der Waals surface area (Å²) < 4.78 is 0. The van der Waals surface area contributed by atoms with Crippen molar-refractivity contribution in [2.75, 3.05) is 79.5 Å². The second-order valence-corrected chi connectivity index (χ2v) is 9.40. The number of nitrogens with zero attached hydrogens (tertiary/aromatic N) is 4. The van der Waals surface area contributed by atoms with E-state index in [4.69, 9.17) is 0 Å². The van der Waals surface area contributed by atoms with Crippen molar-refractivity contribution >= 4 is 12.1 Å². The number of carbonyl (C=O) groups excluding carboxylic acids is 2. The van der Waals surface area contributed by atoms with Crippen molar-refractivity contribution in [2.45, 2.75) is 20.3 Å². The number of likely N-dealkylation sites (N-methyl/N-ethyl adjacent to an activating group) is 2. The van der Waals surface area contributed by atoms with Crippen LogP contribution in [0.2, 0.25) is 0 Å². The largest absolute Gasteiger partial charge is 0.338 e. The molecule has 0 spiro atoms. The summed E-state index contributed by atoms with van der Waals surface area (Å²) in [6.07, 6.45) is 1.05. The average Bonchev–Trinajstić information content (AvgIpc) is 2.67. The zero-order valence-electron chi connectivity index (χ0n) is 18.0. The first-order chi connectivity index (χ1) is 13.3. The minimum absolute atomic E-state index is 0.0655. The molecule has 0 bridgehead atoms. The molecule has 3 rings (SSSR count). The Kier molecular flexibility index (Phi) is 6.70. The monoisotopic (exact) mass is 394 g/mol. The van der Waals surface area contributed by atoms with Gasteiger partial charge in [0.25, 0.3) is 0 Å². The van der Waals surface area contributed by atoms with Gasteiger partial charge >= 0.3 is 12.1 Å². The van der Waals surface area contributed by atoms with Crippen LogP contribution in [0.15, 0.2) is 0 Å². The molecule has 0 aromatic rings. The third-order valence-electron chi connectivity index (χ3n) is 7.25.